The van der Waals surface area contributed by atoms with E-state index in [2.05, 4.69) is 57.7 Å². The molecular formula is C30H30Cl2N4O2. The van der Waals surface area contributed by atoms with Crippen LogP contribution in [0.15, 0.2) is 71.8 Å². The molecule has 6 nitrogen and oxygen atoms in total. The second-order valence-corrected chi connectivity index (χ2v) is 10.5. The fraction of sp³-hybridized carbons (Fsp3) is 0.233. The number of amides is 2. The quantitative estimate of drug-likeness (QED) is 0.194. The Morgan fingerprint density at radius 2 is 1.71 bits per heavy atom. The van der Waals surface area contributed by atoms with E-state index in [4.69, 9.17) is 23.2 Å². The van der Waals surface area contributed by atoms with Crippen LogP contribution in [-0.4, -0.2) is 28.6 Å². The van der Waals surface area contributed by atoms with Crippen LogP contribution >= 0.6 is 23.2 Å². The summed E-state index contributed by atoms with van der Waals surface area (Å²) in [4.78, 5) is 25.8. The molecular weight excluding hydrogens is 519 g/mol. The molecule has 4 aromatic rings. The number of hydrogen-bond acceptors (Lipinski definition) is 3. The summed E-state index contributed by atoms with van der Waals surface area (Å²) >= 11 is 12.1. The van der Waals surface area contributed by atoms with E-state index in [-0.39, 0.29) is 16.5 Å². The number of hydrazone groups is 1. The largest absolute Gasteiger partial charge is 0.340 e. The molecule has 0 aliphatic carbocycles. The van der Waals surface area contributed by atoms with Crippen LogP contribution in [-0.2, 0) is 11.3 Å². The molecule has 1 unspecified atom stereocenters. The second-order valence-electron chi connectivity index (χ2n) is 9.64. The summed E-state index contributed by atoms with van der Waals surface area (Å²) in [5, 5.41) is 8.71. The number of nitrogens with zero attached hydrogens (tertiary/aromatic N) is 2. The van der Waals surface area contributed by atoms with Crippen LogP contribution in [0.3, 0.4) is 0 Å². The third kappa shape index (κ3) is 6.09. The van der Waals surface area contributed by atoms with Crippen molar-refractivity contribution >= 4 is 52.1 Å². The number of hydrogen-bond donors (Lipinski definition) is 2. The third-order valence-corrected chi connectivity index (χ3v) is 7.07. The molecule has 4 rings (SSSR count). The third-order valence-electron chi connectivity index (χ3n) is 6.52. The molecule has 0 fully saturated rings. The number of carbonyl (C=O) groups is 2. The lowest BCUT2D eigenvalue weighted by Crippen LogP contribution is -2.48. The van der Waals surface area contributed by atoms with E-state index in [1.54, 1.807) is 12.3 Å². The van der Waals surface area contributed by atoms with Crippen LogP contribution in [0, 0.1) is 19.8 Å². The molecule has 8 heteroatoms. The standard InChI is InChI=1S/C30H30Cl2N4O2/c1-18(2)28(34-29(37)24-14-13-22(31)15-26(24)32)30(38)35-33-16-25-20(4)36(27-8-6-5-7-23(25)27)17-21-11-9-19(3)10-12-21/h5-16,18,28H,17H2,1-4H3,(H,34,37)(H,35,38)/b33-16-. The summed E-state index contributed by atoms with van der Waals surface area (Å²) in [5.74, 6) is -1.06. The summed E-state index contributed by atoms with van der Waals surface area (Å²) < 4.78 is 2.25. The Morgan fingerprint density at radius 3 is 2.39 bits per heavy atom. The molecule has 0 radical (unpaired) electrons. The van der Waals surface area contributed by atoms with Crippen LogP contribution < -0.4 is 10.7 Å². The minimum absolute atomic E-state index is 0.182. The molecule has 0 saturated carbocycles. The number of nitrogens with one attached hydrogen (secondary N) is 2. The molecule has 0 bridgehead atoms. The van der Waals surface area contributed by atoms with E-state index in [9.17, 15) is 9.59 Å². The van der Waals surface area contributed by atoms with Crippen molar-refractivity contribution in [2.45, 2.75) is 40.3 Å². The van der Waals surface area contributed by atoms with Gasteiger partial charge in [0.1, 0.15) is 6.04 Å². The molecule has 2 amide bonds. The molecule has 196 valence electrons. The predicted molar refractivity (Wildman–Crippen MR) is 155 cm³/mol. The minimum atomic E-state index is -0.810. The number of aryl methyl sites for hydroxylation is 1. The van der Waals surface area contributed by atoms with E-state index in [1.807, 2.05) is 39.0 Å². The number of rotatable bonds is 8. The van der Waals surface area contributed by atoms with E-state index >= 15 is 0 Å². The van der Waals surface area contributed by atoms with Crippen LogP contribution in [0.1, 0.15) is 46.6 Å². The number of halogens is 2. The molecule has 0 aliphatic rings. The molecule has 1 aromatic heterocycles. The van der Waals surface area contributed by atoms with E-state index < -0.39 is 17.9 Å². The zero-order chi connectivity index (χ0) is 27.4. The summed E-state index contributed by atoms with van der Waals surface area (Å²) in [6.07, 6.45) is 1.66. The van der Waals surface area contributed by atoms with Crippen molar-refractivity contribution in [3.05, 3.63) is 105 Å². The SMILES string of the molecule is Cc1ccc(Cn2c(C)c(/C=N\NC(=O)C(NC(=O)c3ccc(Cl)cc3Cl)C(C)C)c3ccccc32)cc1. The van der Waals surface area contributed by atoms with Crippen LogP contribution in [0.25, 0.3) is 10.9 Å². The maximum atomic E-state index is 13.0. The number of benzene rings is 3. The van der Waals surface area contributed by atoms with Gasteiger partial charge >= 0.3 is 0 Å². The highest BCUT2D eigenvalue weighted by molar-refractivity contribution is 6.36. The van der Waals surface area contributed by atoms with E-state index in [1.165, 1.54) is 23.3 Å². The summed E-state index contributed by atoms with van der Waals surface area (Å²) in [6, 6.07) is 20.4. The highest BCUT2D eigenvalue weighted by Gasteiger charge is 2.25. The fourth-order valence-electron chi connectivity index (χ4n) is 4.36. The zero-order valence-electron chi connectivity index (χ0n) is 21.8. The monoisotopic (exact) mass is 548 g/mol. The van der Waals surface area contributed by atoms with Crippen LogP contribution in [0.2, 0.25) is 10.0 Å². The van der Waals surface area contributed by atoms with Gasteiger partial charge in [0.25, 0.3) is 11.8 Å². The van der Waals surface area contributed by atoms with E-state index in [0.29, 0.717) is 5.02 Å². The van der Waals surface area contributed by atoms with Crippen molar-refractivity contribution in [2.75, 3.05) is 0 Å². The van der Waals surface area contributed by atoms with Crippen molar-refractivity contribution < 1.29 is 9.59 Å². The topological polar surface area (TPSA) is 75.5 Å². The van der Waals surface area contributed by atoms with Crippen LogP contribution in [0.5, 0.6) is 0 Å². The van der Waals surface area contributed by atoms with E-state index in [0.717, 1.165) is 28.7 Å². The van der Waals surface area contributed by atoms with Gasteiger partial charge in [-0.15, -0.1) is 0 Å². The lowest BCUT2D eigenvalue weighted by Gasteiger charge is -2.20. The first-order chi connectivity index (χ1) is 18.2. The summed E-state index contributed by atoms with van der Waals surface area (Å²) in [6.45, 7) is 8.54. The molecule has 0 saturated heterocycles. The van der Waals surface area contributed by atoms with Gasteiger partial charge in [-0.25, -0.2) is 5.43 Å². The molecule has 3 aromatic carbocycles. The van der Waals surface area contributed by atoms with Gasteiger partial charge in [0.05, 0.1) is 16.8 Å². The number of carbonyl (C=O) groups excluding carboxylic acids is 2. The van der Waals surface area contributed by atoms with Gasteiger partial charge in [0.2, 0.25) is 0 Å². The average molecular weight is 550 g/mol. The van der Waals surface area contributed by atoms with Gasteiger partial charge in [-0.2, -0.15) is 5.10 Å². The maximum absolute atomic E-state index is 13.0. The van der Waals surface area contributed by atoms with Crippen molar-refractivity contribution in [1.82, 2.24) is 15.3 Å². The summed E-state index contributed by atoms with van der Waals surface area (Å²) in [5.41, 5.74) is 8.32. The van der Waals surface area contributed by atoms with Crippen molar-refractivity contribution in [1.29, 1.82) is 0 Å². The Balaban J connectivity index is 1.53. The highest BCUT2D eigenvalue weighted by Crippen LogP contribution is 2.26. The first kappa shape index (κ1) is 27.4. The molecule has 0 aliphatic heterocycles. The predicted octanol–water partition coefficient (Wildman–Crippen LogP) is 6.52. The number of para-hydroxylation sites is 1. The fourth-order valence-corrected chi connectivity index (χ4v) is 4.85. The normalized spacial score (nSPS) is 12.3. The first-order valence-electron chi connectivity index (χ1n) is 12.4. The number of fused-ring (bicyclic) bond motifs is 1. The Morgan fingerprint density at radius 1 is 1.00 bits per heavy atom. The molecule has 0 spiro atoms. The summed E-state index contributed by atoms with van der Waals surface area (Å²) in [7, 11) is 0. The van der Waals surface area contributed by atoms with Crippen molar-refractivity contribution in [3.8, 4) is 0 Å². The Bertz CT molecular complexity index is 1510. The number of aromatic nitrogens is 1. The average Bonchev–Trinajstić information content (AvgIpc) is 3.14. The maximum Gasteiger partial charge on any atom is 0.262 e. The molecule has 2 N–H and O–H groups in total. The minimum Gasteiger partial charge on any atom is -0.340 e. The second kappa shape index (κ2) is 11.8. The molecule has 38 heavy (non-hydrogen) atoms. The highest BCUT2D eigenvalue weighted by atomic mass is 35.5. The van der Waals surface area contributed by atoms with Crippen molar-refractivity contribution in [2.24, 2.45) is 11.0 Å². The molecule has 1 atom stereocenters. The smallest absolute Gasteiger partial charge is 0.262 e. The van der Waals surface area contributed by atoms with Gasteiger partial charge in [-0.05, 0) is 49.6 Å². The Labute approximate surface area is 232 Å². The van der Waals surface area contributed by atoms with Crippen molar-refractivity contribution in [3.63, 3.8) is 0 Å². The van der Waals surface area contributed by atoms with Gasteiger partial charge in [-0.3, -0.25) is 9.59 Å². The zero-order valence-corrected chi connectivity index (χ0v) is 23.3. The van der Waals surface area contributed by atoms with Gasteiger partial charge in [0.15, 0.2) is 0 Å². The first-order valence-corrected chi connectivity index (χ1v) is 13.1. The van der Waals surface area contributed by atoms with Crippen LogP contribution in [0.4, 0.5) is 0 Å². The Hall–Kier alpha value is -3.61. The lowest BCUT2D eigenvalue weighted by molar-refractivity contribution is -0.123. The van der Waals surface area contributed by atoms with Gasteiger partial charge in [-0.1, -0.05) is 85.1 Å². The lowest BCUT2D eigenvalue weighted by atomic mass is 10.0. The molecule has 1 heterocycles. The Kier molecular flexibility index (Phi) is 8.55. The van der Waals surface area contributed by atoms with Gasteiger partial charge < -0.3 is 9.88 Å². The van der Waals surface area contributed by atoms with Gasteiger partial charge in [0, 0.05) is 33.7 Å².